The molecule has 7 aromatic rings. The Hall–Kier alpha value is -5.14. The molecule has 0 unspecified atom stereocenters. The number of nitrogens with zero attached hydrogens (tertiary/aromatic N) is 1. The average molecular weight is 538 g/mol. The lowest BCUT2D eigenvalue weighted by molar-refractivity contribution is 0.661. The third-order valence-electron chi connectivity index (χ3n) is 9.02. The maximum absolute atomic E-state index is 2.46. The van der Waals surface area contributed by atoms with Crippen LogP contribution in [0.1, 0.15) is 25.0 Å². The molecule has 1 aliphatic carbocycles. The molecular formula is C41H31N. The lowest BCUT2D eigenvalue weighted by Crippen LogP contribution is -2.20. The fraction of sp³-hybridized carbons (Fsp3) is 0.0732. The van der Waals surface area contributed by atoms with Crippen molar-refractivity contribution in [2.45, 2.75) is 19.3 Å². The zero-order chi connectivity index (χ0) is 28.3. The molecule has 42 heavy (non-hydrogen) atoms. The smallest absolute Gasteiger partial charge is 0.0508 e. The molecule has 0 bridgehead atoms. The summed E-state index contributed by atoms with van der Waals surface area (Å²) in [4.78, 5) is 2.46. The normalized spacial score (nSPS) is 13.2. The molecule has 0 spiro atoms. The highest BCUT2D eigenvalue weighted by Crippen LogP contribution is 2.54. The quantitative estimate of drug-likeness (QED) is 0.202. The standard InChI is InChI=1S/C41H31N/c1-41(2)38-17-9-8-15-35(38)36-16-10-18-39(40(36)41)42(32-24-21-29(22-25-32)28-11-4-3-5-12-28)33-26-23-31-20-19-30-13-6-7-14-34(30)37(31)27-33/h3-27H,1-2H3. The van der Waals surface area contributed by atoms with E-state index in [1.54, 1.807) is 0 Å². The van der Waals surface area contributed by atoms with Gasteiger partial charge in [-0.15, -0.1) is 0 Å². The molecule has 0 aliphatic heterocycles. The molecule has 0 amide bonds. The summed E-state index contributed by atoms with van der Waals surface area (Å²) < 4.78 is 0. The zero-order valence-corrected chi connectivity index (χ0v) is 23.9. The maximum atomic E-state index is 2.46. The van der Waals surface area contributed by atoms with Crippen molar-refractivity contribution >= 4 is 38.6 Å². The van der Waals surface area contributed by atoms with Gasteiger partial charge in [0, 0.05) is 16.8 Å². The summed E-state index contributed by atoms with van der Waals surface area (Å²) in [7, 11) is 0. The second-order valence-corrected chi connectivity index (χ2v) is 11.8. The van der Waals surface area contributed by atoms with E-state index in [0.717, 1.165) is 11.4 Å². The highest BCUT2D eigenvalue weighted by atomic mass is 15.1. The van der Waals surface area contributed by atoms with Gasteiger partial charge < -0.3 is 4.90 Å². The van der Waals surface area contributed by atoms with E-state index in [0.29, 0.717) is 0 Å². The first-order valence-electron chi connectivity index (χ1n) is 14.7. The first kappa shape index (κ1) is 24.6. The van der Waals surface area contributed by atoms with Gasteiger partial charge in [0.25, 0.3) is 0 Å². The van der Waals surface area contributed by atoms with E-state index >= 15 is 0 Å². The van der Waals surface area contributed by atoms with Crippen LogP contribution in [0.4, 0.5) is 17.1 Å². The van der Waals surface area contributed by atoms with Crippen molar-refractivity contribution in [3.8, 4) is 22.3 Å². The van der Waals surface area contributed by atoms with E-state index in [1.165, 1.54) is 60.6 Å². The SMILES string of the molecule is CC1(C)c2ccccc2-c2cccc(N(c3ccc(-c4ccccc4)cc3)c3ccc4ccc5ccccc5c4c3)c21. The van der Waals surface area contributed by atoms with Crippen LogP contribution in [0, 0.1) is 0 Å². The Morgan fingerprint density at radius 2 is 1.07 bits per heavy atom. The Kier molecular flexibility index (Phi) is 5.55. The largest absolute Gasteiger partial charge is 0.310 e. The van der Waals surface area contributed by atoms with Crippen molar-refractivity contribution in [3.63, 3.8) is 0 Å². The number of hydrogen-bond acceptors (Lipinski definition) is 1. The van der Waals surface area contributed by atoms with Crippen LogP contribution in [0.2, 0.25) is 0 Å². The molecule has 0 radical (unpaired) electrons. The Bertz CT molecular complexity index is 2100. The molecule has 0 saturated heterocycles. The molecule has 0 heterocycles. The molecule has 0 saturated carbocycles. The highest BCUT2D eigenvalue weighted by Gasteiger charge is 2.38. The maximum Gasteiger partial charge on any atom is 0.0508 e. The van der Waals surface area contributed by atoms with E-state index in [-0.39, 0.29) is 5.41 Å². The molecule has 200 valence electrons. The summed E-state index contributed by atoms with van der Waals surface area (Å²) in [5.41, 5.74) is 11.3. The van der Waals surface area contributed by atoms with Crippen molar-refractivity contribution < 1.29 is 0 Å². The van der Waals surface area contributed by atoms with Crippen molar-refractivity contribution in [1.82, 2.24) is 0 Å². The number of rotatable bonds is 4. The monoisotopic (exact) mass is 537 g/mol. The fourth-order valence-corrected chi connectivity index (χ4v) is 7.00. The van der Waals surface area contributed by atoms with Crippen LogP contribution < -0.4 is 4.90 Å². The summed E-state index contributed by atoms with van der Waals surface area (Å²) in [6, 6.07) is 55.4. The zero-order valence-electron chi connectivity index (χ0n) is 23.9. The molecule has 8 rings (SSSR count). The highest BCUT2D eigenvalue weighted by molar-refractivity contribution is 6.09. The van der Waals surface area contributed by atoms with Gasteiger partial charge in [0.15, 0.2) is 0 Å². The van der Waals surface area contributed by atoms with Crippen molar-refractivity contribution in [1.29, 1.82) is 0 Å². The summed E-state index contributed by atoms with van der Waals surface area (Å²) in [6.07, 6.45) is 0. The van der Waals surface area contributed by atoms with Gasteiger partial charge in [0.05, 0.1) is 5.69 Å². The average Bonchev–Trinajstić information content (AvgIpc) is 3.29. The van der Waals surface area contributed by atoms with Crippen LogP contribution in [0.25, 0.3) is 43.8 Å². The Morgan fingerprint density at radius 3 is 1.90 bits per heavy atom. The fourth-order valence-electron chi connectivity index (χ4n) is 7.00. The van der Waals surface area contributed by atoms with Crippen molar-refractivity contribution in [2.75, 3.05) is 4.90 Å². The summed E-state index contributed by atoms with van der Waals surface area (Å²) >= 11 is 0. The van der Waals surface area contributed by atoms with Gasteiger partial charge in [-0.25, -0.2) is 0 Å². The van der Waals surface area contributed by atoms with Gasteiger partial charge in [-0.1, -0.05) is 135 Å². The van der Waals surface area contributed by atoms with E-state index < -0.39 is 0 Å². The second kappa shape index (κ2) is 9.46. The number of hydrogen-bond donors (Lipinski definition) is 0. The summed E-state index contributed by atoms with van der Waals surface area (Å²) in [5.74, 6) is 0. The van der Waals surface area contributed by atoms with E-state index in [4.69, 9.17) is 0 Å². The van der Waals surface area contributed by atoms with Crippen LogP contribution in [-0.4, -0.2) is 0 Å². The molecule has 0 atom stereocenters. The summed E-state index contributed by atoms with van der Waals surface area (Å²) in [6.45, 7) is 4.73. The van der Waals surface area contributed by atoms with Crippen LogP contribution in [0.5, 0.6) is 0 Å². The topological polar surface area (TPSA) is 3.24 Å². The van der Waals surface area contributed by atoms with E-state index in [9.17, 15) is 0 Å². The van der Waals surface area contributed by atoms with E-state index in [2.05, 4.69) is 170 Å². The first-order chi connectivity index (χ1) is 20.6. The van der Waals surface area contributed by atoms with Crippen LogP contribution in [-0.2, 0) is 5.41 Å². The minimum atomic E-state index is -0.131. The lowest BCUT2D eigenvalue weighted by Gasteiger charge is -2.32. The predicted octanol–water partition coefficient (Wildman–Crippen LogP) is 11.4. The van der Waals surface area contributed by atoms with Gasteiger partial charge in [-0.2, -0.15) is 0 Å². The number of anilines is 3. The minimum absolute atomic E-state index is 0.131. The van der Waals surface area contributed by atoms with Gasteiger partial charge in [0.2, 0.25) is 0 Å². The van der Waals surface area contributed by atoms with Gasteiger partial charge in [-0.05, 0) is 85.3 Å². The first-order valence-corrected chi connectivity index (χ1v) is 14.7. The van der Waals surface area contributed by atoms with Crippen LogP contribution >= 0.6 is 0 Å². The third kappa shape index (κ3) is 3.78. The van der Waals surface area contributed by atoms with Gasteiger partial charge in [-0.3, -0.25) is 0 Å². The lowest BCUT2D eigenvalue weighted by atomic mass is 9.81. The molecule has 7 aromatic carbocycles. The van der Waals surface area contributed by atoms with Crippen LogP contribution in [0.3, 0.4) is 0 Å². The Labute approximate surface area is 247 Å². The Morgan fingerprint density at radius 1 is 0.452 bits per heavy atom. The number of benzene rings is 7. The van der Waals surface area contributed by atoms with Crippen molar-refractivity contribution in [3.05, 3.63) is 163 Å². The van der Waals surface area contributed by atoms with Gasteiger partial charge in [0.1, 0.15) is 0 Å². The van der Waals surface area contributed by atoms with E-state index in [1.807, 2.05) is 0 Å². The van der Waals surface area contributed by atoms with Crippen LogP contribution in [0.15, 0.2) is 152 Å². The minimum Gasteiger partial charge on any atom is -0.310 e. The third-order valence-corrected chi connectivity index (χ3v) is 9.02. The van der Waals surface area contributed by atoms with Crippen molar-refractivity contribution in [2.24, 2.45) is 0 Å². The Balaban J connectivity index is 1.37. The predicted molar refractivity (Wildman–Crippen MR) is 179 cm³/mol. The molecule has 1 aliphatic rings. The molecule has 0 fully saturated rings. The summed E-state index contributed by atoms with van der Waals surface area (Å²) in [5, 5.41) is 5.06. The van der Waals surface area contributed by atoms with Gasteiger partial charge >= 0.3 is 0 Å². The second-order valence-electron chi connectivity index (χ2n) is 11.8. The molecular weight excluding hydrogens is 506 g/mol. The molecule has 0 aromatic heterocycles. The molecule has 0 N–H and O–H groups in total. The molecule has 1 nitrogen and oxygen atoms in total. The molecule has 1 heteroatoms. The number of fused-ring (bicyclic) bond motifs is 6.